The fraction of sp³-hybridized carbons (Fsp3) is 0.235. The van der Waals surface area contributed by atoms with Crippen molar-refractivity contribution in [1.29, 1.82) is 0 Å². The maximum Gasteiger partial charge on any atom is 0.258 e. The summed E-state index contributed by atoms with van der Waals surface area (Å²) in [6, 6.07) is 11.6. The minimum Gasteiger partial charge on any atom is -0.496 e. The molecule has 0 spiro atoms. The topological polar surface area (TPSA) is 47.6 Å². The van der Waals surface area contributed by atoms with Crippen LogP contribution in [0.25, 0.3) is 0 Å². The van der Waals surface area contributed by atoms with Crippen molar-refractivity contribution in [1.82, 2.24) is 5.32 Å². The highest BCUT2D eigenvalue weighted by Crippen LogP contribution is 2.19. The molecule has 4 nitrogen and oxygen atoms in total. The van der Waals surface area contributed by atoms with Crippen molar-refractivity contribution in [3.8, 4) is 11.5 Å². The number of methoxy groups -OCH3 is 1. The average Bonchev–Trinajstić information content (AvgIpc) is 2.51. The Balaban J connectivity index is 1.86. The molecule has 0 radical (unpaired) electrons. The lowest BCUT2D eigenvalue weighted by Gasteiger charge is -2.11. The normalized spacial score (nSPS) is 10.1. The number of carbonyl (C=O) groups excluding carboxylic acids is 1. The summed E-state index contributed by atoms with van der Waals surface area (Å²) in [6.45, 7) is 2.03. The molecule has 2 aromatic rings. The van der Waals surface area contributed by atoms with Crippen molar-refractivity contribution < 1.29 is 18.7 Å². The second-order valence-electron chi connectivity index (χ2n) is 4.84. The van der Waals surface area contributed by atoms with Gasteiger partial charge in [0, 0.05) is 12.1 Å². The van der Waals surface area contributed by atoms with Gasteiger partial charge >= 0.3 is 0 Å². The number of ether oxygens (including phenoxy) is 2. The van der Waals surface area contributed by atoms with Crippen LogP contribution in [0.15, 0.2) is 42.5 Å². The zero-order chi connectivity index (χ0) is 15.9. The van der Waals surface area contributed by atoms with Crippen molar-refractivity contribution in [3.63, 3.8) is 0 Å². The molecule has 0 bridgehead atoms. The first-order chi connectivity index (χ1) is 10.6. The Labute approximate surface area is 128 Å². The van der Waals surface area contributed by atoms with E-state index in [0.29, 0.717) is 17.1 Å². The third-order valence-electron chi connectivity index (χ3n) is 3.08. The van der Waals surface area contributed by atoms with Gasteiger partial charge in [-0.15, -0.1) is 0 Å². The first kappa shape index (κ1) is 15.8. The largest absolute Gasteiger partial charge is 0.496 e. The molecule has 0 fully saturated rings. The van der Waals surface area contributed by atoms with Crippen LogP contribution >= 0.6 is 0 Å². The standard InChI is InChI=1S/C17H18FNO3/c1-12-4-3-5-15(8-12)22-11-17(20)19-10-13-9-14(18)6-7-16(13)21-2/h3-9H,10-11H2,1-2H3,(H,19,20). The molecule has 0 unspecified atom stereocenters. The van der Waals surface area contributed by atoms with Crippen LogP contribution in [-0.2, 0) is 11.3 Å². The van der Waals surface area contributed by atoms with Crippen LogP contribution in [-0.4, -0.2) is 19.6 Å². The molecule has 0 heterocycles. The quantitative estimate of drug-likeness (QED) is 0.892. The van der Waals surface area contributed by atoms with Crippen molar-refractivity contribution in [2.75, 3.05) is 13.7 Å². The Bertz CT molecular complexity index is 658. The molecule has 0 aromatic heterocycles. The smallest absolute Gasteiger partial charge is 0.258 e. The number of nitrogens with one attached hydrogen (secondary N) is 1. The van der Waals surface area contributed by atoms with Crippen LogP contribution < -0.4 is 14.8 Å². The third kappa shape index (κ3) is 4.48. The molecule has 2 rings (SSSR count). The van der Waals surface area contributed by atoms with E-state index in [9.17, 15) is 9.18 Å². The van der Waals surface area contributed by atoms with Gasteiger partial charge in [0.25, 0.3) is 5.91 Å². The first-order valence-electron chi connectivity index (χ1n) is 6.87. The fourth-order valence-corrected chi connectivity index (χ4v) is 1.98. The molecule has 0 aliphatic rings. The predicted molar refractivity (Wildman–Crippen MR) is 81.5 cm³/mol. The summed E-state index contributed by atoms with van der Waals surface area (Å²) in [6.07, 6.45) is 0. The molecule has 116 valence electrons. The molecule has 5 heteroatoms. The van der Waals surface area contributed by atoms with Crippen LogP contribution in [0.1, 0.15) is 11.1 Å². The Morgan fingerprint density at radius 2 is 2.05 bits per heavy atom. The molecule has 0 aliphatic heterocycles. The van der Waals surface area contributed by atoms with Crippen LogP contribution in [0, 0.1) is 12.7 Å². The molecular weight excluding hydrogens is 285 g/mol. The Hall–Kier alpha value is -2.56. The fourth-order valence-electron chi connectivity index (χ4n) is 1.98. The van der Waals surface area contributed by atoms with Gasteiger partial charge in [0.05, 0.1) is 7.11 Å². The number of rotatable bonds is 6. The van der Waals surface area contributed by atoms with E-state index in [1.165, 1.54) is 25.3 Å². The molecule has 1 amide bonds. The molecule has 22 heavy (non-hydrogen) atoms. The number of hydrogen-bond donors (Lipinski definition) is 1. The molecular formula is C17H18FNO3. The Kier molecular flexibility index (Phi) is 5.36. The highest BCUT2D eigenvalue weighted by atomic mass is 19.1. The number of hydrogen-bond acceptors (Lipinski definition) is 3. The molecule has 1 N–H and O–H groups in total. The lowest BCUT2D eigenvalue weighted by molar-refractivity contribution is -0.123. The summed E-state index contributed by atoms with van der Waals surface area (Å²) in [5.41, 5.74) is 1.63. The van der Waals surface area contributed by atoms with Gasteiger partial charge in [0.1, 0.15) is 17.3 Å². The Morgan fingerprint density at radius 3 is 2.77 bits per heavy atom. The SMILES string of the molecule is COc1ccc(F)cc1CNC(=O)COc1cccc(C)c1. The van der Waals surface area contributed by atoms with Crippen LogP contribution in [0.4, 0.5) is 4.39 Å². The zero-order valence-corrected chi connectivity index (χ0v) is 12.6. The number of aryl methyl sites for hydroxylation is 1. The van der Waals surface area contributed by atoms with Crippen LogP contribution in [0.3, 0.4) is 0 Å². The minimum absolute atomic E-state index is 0.0961. The maximum absolute atomic E-state index is 13.2. The Morgan fingerprint density at radius 1 is 1.23 bits per heavy atom. The van der Waals surface area contributed by atoms with Gasteiger partial charge in [-0.2, -0.15) is 0 Å². The molecule has 0 aliphatic carbocycles. The number of amides is 1. The number of halogens is 1. The maximum atomic E-state index is 13.2. The average molecular weight is 303 g/mol. The molecule has 0 saturated carbocycles. The summed E-state index contributed by atoms with van der Waals surface area (Å²) >= 11 is 0. The van der Waals surface area contributed by atoms with Gasteiger partial charge in [-0.05, 0) is 42.8 Å². The van der Waals surface area contributed by atoms with E-state index in [1.807, 2.05) is 25.1 Å². The third-order valence-corrected chi connectivity index (χ3v) is 3.08. The van der Waals surface area contributed by atoms with Crippen molar-refractivity contribution in [2.45, 2.75) is 13.5 Å². The van der Waals surface area contributed by atoms with Gasteiger partial charge in [-0.1, -0.05) is 12.1 Å². The lowest BCUT2D eigenvalue weighted by Crippen LogP contribution is -2.28. The van der Waals surface area contributed by atoms with Gasteiger partial charge < -0.3 is 14.8 Å². The highest BCUT2D eigenvalue weighted by molar-refractivity contribution is 5.77. The molecule has 0 atom stereocenters. The molecule has 2 aromatic carbocycles. The van der Waals surface area contributed by atoms with Crippen molar-refractivity contribution in [3.05, 3.63) is 59.4 Å². The number of benzene rings is 2. The van der Waals surface area contributed by atoms with Crippen molar-refractivity contribution >= 4 is 5.91 Å². The van der Waals surface area contributed by atoms with E-state index in [-0.39, 0.29) is 24.9 Å². The first-order valence-corrected chi connectivity index (χ1v) is 6.87. The van der Waals surface area contributed by atoms with Gasteiger partial charge in [-0.3, -0.25) is 4.79 Å². The van der Waals surface area contributed by atoms with Crippen molar-refractivity contribution in [2.24, 2.45) is 0 Å². The van der Waals surface area contributed by atoms with E-state index in [1.54, 1.807) is 6.07 Å². The second-order valence-corrected chi connectivity index (χ2v) is 4.84. The van der Waals surface area contributed by atoms with E-state index in [2.05, 4.69) is 5.32 Å². The van der Waals surface area contributed by atoms with Gasteiger partial charge in [-0.25, -0.2) is 4.39 Å². The summed E-state index contributed by atoms with van der Waals surface area (Å²) in [4.78, 5) is 11.8. The van der Waals surface area contributed by atoms with Gasteiger partial charge in [0.15, 0.2) is 6.61 Å². The van der Waals surface area contributed by atoms with E-state index in [0.717, 1.165) is 5.56 Å². The van der Waals surface area contributed by atoms with Crippen LogP contribution in [0.2, 0.25) is 0 Å². The monoisotopic (exact) mass is 303 g/mol. The van der Waals surface area contributed by atoms with E-state index >= 15 is 0 Å². The second kappa shape index (κ2) is 7.45. The minimum atomic E-state index is -0.374. The summed E-state index contributed by atoms with van der Waals surface area (Å²) in [7, 11) is 1.50. The van der Waals surface area contributed by atoms with E-state index in [4.69, 9.17) is 9.47 Å². The summed E-state index contributed by atoms with van der Waals surface area (Å²) in [5.74, 6) is 0.508. The predicted octanol–water partition coefficient (Wildman–Crippen LogP) is 2.84. The highest BCUT2D eigenvalue weighted by Gasteiger charge is 2.07. The summed E-state index contributed by atoms with van der Waals surface area (Å²) < 4.78 is 23.7. The summed E-state index contributed by atoms with van der Waals surface area (Å²) in [5, 5.41) is 2.68. The zero-order valence-electron chi connectivity index (χ0n) is 12.6. The van der Waals surface area contributed by atoms with Crippen LogP contribution in [0.5, 0.6) is 11.5 Å². The van der Waals surface area contributed by atoms with Gasteiger partial charge in [0.2, 0.25) is 0 Å². The lowest BCUT2D eigenvalue weighted by atomic mass is 10.2. The molecule has 0 saturated heterocycles. The van der Waals surface area contributed by atoms with E-state index < -0.39 is 0 Å². The number of carbonyl (C=O) groups is 1.